The van der Waals surface area contributed by atoms with Crippen LogP contribution in [0, 0.1) is 0 Å². The summed E-state index contributed by atoms with van der Waals surface area (Å²) in [6, 6.07) is 76.6. The molecule has 0 radical (unpaired) electrons. The van der Waals surface area contributed by atoms with Gasteiger partial charge in [-0.15, -0.1) is 0 Å². The van der Waals surface area contributed by atoms with E-state index in [1.54, 1.807) is 0 Å². The lowest BCUT2D eigenvalue weighted by Crippen LogP contribution is -2.15. The molecule has 1 heterocycles. The van der Waals surface area contributed by atoms with Crippen molar-refractivity contribution in [1.29, 1.82) is 0 Å². The van der Waals surface area contributed by atoms with Crippen molar-refractivity contribution in [3.05, 3.63) is 229 Å². The number of hydrogen-bond donors (Lipinski definition) is 0. The average Bonchev–Trinajstić information content (AvgIpc) is 3.87. The first kappa shape index (κ1) is 36.4. The molecule has 0 aliphatic heterocycles. The maximum absolute atomic E-state index is 2.53. The summed E-state index contributed by atoms with van der Waals surface area (Å²) in [5.41, 5.74) is 22.4. The number of hydrogen-bond acceptors (Lipinski definition) is 1. The van der Waals surface area contributed by atoms with Crippen molar-refractivity contribution in [2.75, 3.05) is 4.90 Å². The lowest BCUT2D eigenvalue weighted by atomic mass is 9.82. The molecule has 0 saturated carbocycles. The zero-order valence-corrected chi connectivity index (χ0v) is 35.5. The molecule has 2 heteroatoms. The van der Waals surface area contributed by atoms with Gasteiger partial charge in [-0.25, -0.2) is 0 Å². The van der Waals surface area contributed by atoms with Crippen LogP contribution >= 0.6 is 0 Å². The van der Waals surface area contributed by atoms with Crippen molar-refractivity contribution >= 4 is 38.9 Å². The Labute approximate surface area is 364 Å². The summed E-state index contributed by atoms with van der Waals surface area (Å²) in [6.07, 6.45) is 0. The molecule has 0 bridgehead atoms. The highest BCUT2D eigenvalue weighted by molar-refractivity contribution is 6.17. The third-order valence-corrected chi connectivity index (χ3v) is 14.0. The van der Waals surface area contributed by atoms with E-state index in [-0.39, 0.29) is 10.8 Å². The highest BCUT2D eigenvalue weighted by Crippen LogP contribution is 2.55. The van der Waals surface area contributed by atoms with E-state index in [4.69, 9.17) is 0 Å². The Balaban J connectivity index is 1.12. The maximum atomic E-state index is 2.53. The molecule has 12 rings (SSSR count). The van der Waals surface area contributed by atoms with Gasteiger partial charge in [-0.05, 0) is 116 Å². The van der Waals surface area contributed by atoms with Crippen LogP contribution in [-0.2, 0) is 10.8 Å². The van der Waals surface area contributed by atoms with Gasteiger partial charge in [0.2, 0.25) is 0 Å². The van der Waals surface area contributed by atoms with Crippen LogP contribution in [0.4, 0.5) is 17.1 Å². The summed E-state index contributed by atoms with van der Waals surface area (Å²) in [7, 11) is 0. The van der Waals surface area contributed by atoms with Crippen LogP contribution < -0.4 is 4.90 Å². The second-order valence-electron chi connectivity index (χ2n) is 18.1. The zero-order valence-electron chi connectivity index (χ0n) is 35.5. The molecule has 0 saturated heterocycles. The van der Waals surface area contributed by atoms with Crippen molar-refractivity contribution in [3.8, 4) is 50.2 Å². The Kier molecular flexibility index (Phi) is 7.96. The van der Waals surface area contributed by atoms with Gasteiger partial charge < -0.3 is 9.47 Å². The van der Waals surface area contributed by atoms with Gasteiger partial charge in [-0.2, -0.15) is 0 Å². The Bertz CT molecular complexity index is 3420. The summed E-state index contributed by atoms with van der Waals surface area (Å²) in [4.78, 5) is 2.53. The fourth-order valence-corrected chi connectivity index (χ4v) is 11.0. The summed E-state index contributed by atoms with van der Waals surface area (Å²) in [5, 5.41) is 2.44. The van der Waals surface area contributed by atoms with Crippen molar-refractivity contribution < 1.29 is 0 Å². The molecule has 0 atom stereocenters. The van der Waals surface area contributed by atoms with Crippen LogP contribution in [-0.4, -0.2) is 4.57 Å². The molecule has 2 aliphatic carbocycles. The zero-order chi connectivity index (χ0) is 41.7. The Morgan fingerprint density at radius 3 is 1.77 bits per heavy atom. The SMILES string of the molecule is CC1(C)c2ccccc2-c2cc(-c3cccc(N(c4ccccc4-c4cccc5c4-c4ccccc4C5(C)C)c4cccc5c4c4ccccc4n5-c4ccccc4)c3)ccc21. The molecule has 0 N–H and O–H groups in total. The predicted molar refractivity (Wildman–Crippen MR) is 261 cm³/mol. The summed E-state index contributed by atoms with van der Waals surface area (Å²) in [6.45, 7) is 9.44. The van der Waals surface area contributed by atoms with E-state index in [2.05, 4.69) is 243 Å². The number of para-hydroxylation sites is 3. The van der Waals surface area contributed by atoms with Gasteiger partial charge in [-0.1, -0.05) is 179 Å². The summed E-state index contributed by atoms with van der Waals surface area (Å²) in [5.74, 6) is 0. The first-order valence-corrected chi connectivity index (χ1v) is 21.9. The second kappa shape index (κ2) is 13.5. The predicted octanol–water partition coefficient (Wildman–Crippen LogP) is 16.2. The van der Waals surface area contributed by atoms with E-state index < -0.39 is 0 Å². The van der Waals surface area contributed by atoms with Gasteiger partial charge in [0.25, 0.3) is 0 Å². The molecular formula is C60H46N2. The molecule has 0 amide bonds. The third-order valence-electron chi connectivity index (χ3n) is 14.0. The fraction of sp³-hybridized carbons (Fsp3) is 0.100. The van der Waals surface area contributed by atoms with Crippen molar-refractivity contribution in [1.82, 2.24) is 4.57 Å². The normalized spacial score (nSPS) is 14.1. The summed E-state index contributed by atoms with van der Waals surface area (Å²) < 4.78 is 2.42. The van der Waals surface area contributed by atoms with Crippen LogP contribution in [0.1, 0.15) is 49.9 Å². The Hall–Kier alpha value is -7.42. The van der Waals surface area contributed by atoms with Crippen molar-refractivity contribution in [2.45, 2.75) is 38.5 Å². The molecule has 9 aromatic carbocycles. The first-order chi connectivity index (χ1) is 30.3. The topological polar surface area (TPSA) is 8.17 Å². The lowest BCUT2D eigenvalue weighted by molar-refractivity contribution is 0.660. The minimum atomic E-state index is -0.110. The largest absolute Gasteiger partial charge is 0.309 e. The fourth-order valence-electron chi connectivity index (χ4n) is 11.0. The van der Waals surface area contributed by atoms with E-state index in [0.717, 1.165) is 22.7 Å². The number of nitrogens with zero attached hydrogens (tertiary/aromatic N) is 2. The van der Waals surface area contributed by atoms with Crippen LogP contribution in [0.25, 0.3) is 72.0 Å². The standard InChI is InChI=1S/C60H46N2/c1-59(2)49-28-12-8-23-43(49)48-38-40(35-36-51(48)59)39-19-16-22-42(37-39)62(56-34-18-33-55-58(56)47-26-11-15-32-54(47)61(55)41-20-6-5-7-21-41)53-31-14-10-24-44(53)45-27-17-30-52-57(45)46-25-9-13-29-50(46)60(52,3)4/h5-38H,1-4H3. The number of rotatable bonds is 6. The van der Waals surface area contributed by atoms with Crippen LogP contribution in [0.2, 0.25) is 0 Å². The second-order valence-corrected chi connectivity index (χ2v) is 18.1. The molecule has 2 aliphatic rings. The van der Waals surface area contributed by atoms with Gasteiger partial charge in [0, 0.05) is 38.5 Å². The molecule has 10 aromatic rings. The minimum Gasteiger partial charge on any atom is -0.309 e. The maximum Gasteiger partial charge on any atom is 0.0562 e. The quantitative estimate of drug-likeness (QED) is 0.163. The van der Waals surface area contributed by atoms with E-state index >= 15 is 0 Å². The van der Waals surface area contributed by atoms with Crippen molar-refractivity contribution in [2.24, 2.45) is 0 Å². The smallest absolute Gasteiger partial charge is 0.0562 e. The van der Waals surface area contributed by atoms with Crippen molar-refractivity contribution in [3.63, 3.8) is 0 Å². The number of fused-ring (bicyclic) bond motifs is 9. The number of aromatic nitrogens is 1. The van der Waals surface area contributed by atoms with Gasteiger partial charge in [-0.3, -0.25) is 0 Å². The minimum absolute atomic E-state index is 0.0439. The lowest BCUT2D eigenvalue weighted by Gasteiger charge is -2.30. The van der Waals surface area contributed by atoms with Crippen LogP contribution in [0.3, 0.4) is 0 Å². The Morgan fingerprint density at radius 2 is 0.935 bits per heavy atom. The molecular weight excluding hydrogens is 749 g/mol. The highest BCUT2D eigenvalue weighted by atomic mass is 15.2. The van der Waals surface area contributed by atoms with Crippen LogP contribution in [0.15, 0.2) is 206 Å². The Morgan fingerprint density at radius 1 is 0.371 bits per heavy atom. The molecule has 0 fully saturated rings. The van der Waals surface area contributed by atoms with E-state index in [0.29, 0.717) is 0 Å². The van der Waals surface area contributed by atoms with Gasteiger partial charge in [0.05, 0.1) is 22.4 Å². The molecule has 0 unspecified atom stereocenters. The molecule has 62 heavy (non-hydrogen) atoms. The third kappa shape index (κ3) is 5.23. The van der Waals surface area contributed by atoms with Gasteiger partial charge >= 0.3 is 0 Å². The average molecular weight is 795 g/mol. The highest BCUT2D eigenvalue weighted by Gasteiger charge is 2.38. The van der Waals surface area contributed by atoms with E-state index in [1.165, 1.54) is 88.6 Å². The monoisotopic (exact) mass is 794 g/mol. The first-order valence-electron chi connectivity index (χ1n) is 21.9. The molecule has 296 valence electrons. The number of anilines is 3. The van der Waals surface area contributed by atoms with Gasteiger partial charge in [0.15, 0.2) is 0 Å². The van der Waals surface area contributed by atoms with E-state index in [1.807, 2.05) is 0 Å². The van der Waals surface area contributed by atoms with E-state index in [9.17, 15) is 0 Å². The van der Waals surface area contributed by atoms with Gasteiger partial charge in [0.1, 0.15) is 0 Å². The number of benzene rings is 9. The molecule has 0 spiro atoms. The molecule has 1 aromatic heterocycles. The summed E-state index contributed by atoms with van der Waals surface area (Å²) >= 11 is 0. The molecule has 2 nitrogen and oxygen atoms in total. The van der Waals surface area contributed by atoms with Crippen LogP contribution in [0.5, 0.6) is 0 Å².